The summed E-state index contributed by atoms with van der Waals surface area (Å²) >= 11 is 0. The number of H-pyrrole nitrogens is 1. The fourth-order valence-electron chi connectivity index (χ4n) is 5.04. The Labute approximate surface area is 198 Å². The van der Waals surface area contributed by atoms with Gasteiger partial charge in [-0.2, -0.15) is 0 Å². The van der Waals surface area contributed by atoms with Crippen LogP contribution in [0.15, 0.2) is 21.9 Å². The zero-order chi connectivity index (χ0) is 25.1. The maximum Gasteiger partial charge on any atom is 0.403 e. The van der Waals surface area contributed by atoms with Gasteiger partial charge in [-0.15, -0.1) is 0 Å². The highest BCUT2D eigenvalue weighted by Gasteiger charge is 2.51. The maximum absolute atomic E-state index is 12.6. The molecule has 5 atom stereocenters. The Morgan fingerprint density at radius 3 is 2.65 bits per heavy atom. The van der Waals surface area contributed by atoms with Gasteiger partial charge in [0, 0.05) is 17.7 Å². The van der Waals surface area contributed by atoms with Gasteiger partial charge in [-0.1, -0.05) is 33.6 Å². The zero-order valence-corrected chi connectivity index (χ0v) is 21.1. The minimum atomic E-state index is -4.34. The Kier molecular flexibility index (Phi) is 8.57. The molecule has 1 aromatic heterocycles. The van der Waals surface area contributed by atoms with E-state index in [1.54, 1.807) is 0 Å². The largest absolute Gasteiger partial charge is 0.461 e. The highest BCUT2D eigenvalue weighted by Crippen LogP contribution is 2.51. The molecule has 1 aromatic rings. The fraction of sp³-hybridized carbons (Fsp3) is 0.773. The van der Waals surface area contributed by atoms with E-state index in [4.69, 9.17) is 14.0 Å². The summed E-state index contributed by atoms with van der Waals surface area (Å²) in [6.45, 7) is 7.07. The predicted molar refractivity (Wildman–Crippen MR) is 124 cm³/mol. The summed E-state index contributed by atoms with van der Waals surface area (Å²) in [7, 11) is -4.34. The molecule has 12 heteroatoms. The van der Waals surface area contributed by atoms with Gasteiger partial charge in [0.1, 0.15) is 18.4 Å². The van der Waals surface area contributed by atoms with Crippen LogP contribution in [-0.2, 0) is 23.4 Å². The third-order valence-corrected chi connectivity index (χ3v) is 8.06. The molecular formula is C22H36N3O8P. The standard InChI is InChI=1S/C22H36N3O8P/c1-5-16-17(33-20(22(16,3)4)25-12-11-18(26)23-21(25)28)13-31-34(29,30)24-14(2)19(27)32-15-9-7-6-8-10-15/h11-12,14-17,20H,5-10,13H2,1-4H3,(H,23,26,28)(H2,24,29,30). The van der Waals surface area contributed by atoms with E-state index in [0.717, 1.165) is 32.1 Å². The van der Waals surface area contributed by atoms with E-state index in [9.17, 15) is 23.8 Å². The van der Waals surface area contributed by atoms with E-state index < -0.39 is 48.8 Å². The summed E-state index contributed by atoms with van der Waals surface area (Å²) < 4.78 is 30.8. The first-order chi connectivity index (χ1) is 15.9. The zero-order valence-electron chi connectivity index (χ0n) is 20.2. The van der Waals surface area contributed by atoms with Crippen molar-refractivity contribution in [2.24, 2.45) is 11.3 Å². The third kappa shape index (κ3) is 6.26. The van der Waals surface area contributed by atoms with Gasteiger partial charge < -0.3 is 14.4 Å². The van der Waals surface area contributed by atoms with Crippen LogP contribution >= 0.6 is 7.75 Å². The van der Waals surface area contributed by atoms with Crippen molar-refractivity contribution < 1.29 is 28.3 Å². The number of hydrogen-bond donors (Lipinski definition) is 3. The summed E-state index contributed by atoms with van der Waals surface area (Å²) in [6, 6.07) is 0.221. The van der Waals surface area contributed by atoms with Crippen molar-refractivity contribution in [3.05, 3.63) is 33.1 Å². The van der Waals surface area contributed by atoms with Gasteiger partial charge >= 0.3 is 19.4 Å². The SMILES string of the molecule is CCC1C(COP(=O)(O)NC(C)C(=O)OC2CCCCC2)OC(n2ccc(=O)[nH]c2=O)C1(C)C. The molecule has 0 spiro atoms. The number of aromatic nitrogens is 2. The van der Waals surface area contributed by atoms with Gasteiger partial charge in [0.15, 0.2) is 0 Å². The summed E-state index contributed by atoms with van der Waals surface area (Å²) in [5.41, 5.74) is -1.64. The Balaban J connectivity index is 1.62. The predicted octanol–water partition coefficient (Wildman–Crippen LogP) is 2.46. The number of rotatable bonds is 9. The lowest BCUT2D eigenvalue weighted by Gasteiger charge is -2.31. The lowest BCUT2D eigenvalue weighted by molar-refractivity contribution is -0.152. The number of ether oxygens (including phenoxy) is 2. The summed E-state index contributed by atoms with van der Waals surface area (Å²) in [6.07, 6.45) is 5.34. The summed E-state index contributed by atoms with van der Waals surface area (Å²) in [5, 5.41) is 2.35. The maximum atomic E-state index is 12.6. The number of nitrogens with zero attached hydrogens (tertiary/aromatic N) is 1. The molecule has 0 amide bonds. The number of esters is 1. The van der Waals surface area contributed by atoms with Crippen LogP contribution in [0.1, 0.15) is 72.4 Å². The number of carbonyl (C=O) groups is 1. The van der Waals surface area contributed by atoms with Crippen LogP contribution < -0.4 is 16.3 Å². The topological polar surface area (TPSA) is 149 Å². The fourth-order valence-corrected chi connectivity index (χ4v) is 6.06. The molecule has 0 radical (unpaired) electrons. The molecule has 1 aliphatic carbocycles. The first-order valence-corrected chi connectivity index (χ1v) is 13.4. The average Bonchev–Trinajstić information content (AvgIpc) is 3.02. The van der Waals surface area contributed by atoms with Crippen molar-refractivity contribution in [1.29, 1.82) is 0 Å². The molecule has 192 valence electrons. The van der Waals surface area contributed by atoms with Crippen molar-refractivity contribution in [3.8, 4) is 0 Å². The molecule has 3 N–H and O–H groups in total. The van der Waals surface area contributed by atoms with Crippen molar-refractivity contribution in [3.63, 3.8) is 0 Å². The van der Waals surface area contributed by atoms with Gasteiger partial charge in [-0.05, 0) is 38.5 Å². The molecule has 2 aliphatic rings. The highest BCUT2D eigenvalue weighted by molar-refractivity contribution is 7.50. The molecule has 2 heterocycles. The molecule has 1 saturated heterocycles. The normalized spacial score (nSPS) is 27.7. The second-order valence-electron chi connectivity index (χ2n) is 9.74. The molecule has 34 heavy (non-hydrogen) atoms. The van der Waals surface area contributed by atoms with E-state index in [-0.39, 0.29) is 18.6 Å². The van der Waals surface area contributed by atoms with Gasteiger partial charge in [0.25, 0.3) is 5.56 Å². The van der Waals surface area contributed by atoms with Gasteiger partial charge in [-0.3, -0.25) is 23.7 Å². The van der Waals surface area contributed by atoms with Crippen molar-refractivity contribution in [1.82, 2.24) is 14.6 Å². The minimum Gasteiger partial charge on any atom is -0.461 e. The lowest BCUT2D eigenvalue weighted by Crippen LogP contribution is -2.37. The molecule has 5 unspecified atom stereocenters. The monoisotopic (exact) mass is 501 g/mol. The lowest BCUT2D eigenvalue weighted by atomic mass is 9.75. The number of hydrogen-bond acceptors (Lipinski definition) is 7. The third-order valence-electron chi connectivity index (χ3n) is 6.85. The van der Waals surface area contributed by atoms with Crippen LogP contribution in [0.4, 0.5) is 0 Å². The quantitative estimate of drug-likeness (QED) is 0.343. The smallest absolute Gasteiger partial charge is 0.403 e. The molecule has 1 aliphatic heterocycles. The molecule has 0 aromatic carbocycles. The average molecular weight is 502 g/mol. The van der Waals surface area contributed by atoms with Crippen LogP contribution in [0.2, 0.25) is 0 Å². The summed E-state index contributed by atoms with van der Waals surface area (Å²) in [5.74, 6) is -0.697. The van der Waals surface area contributed by atoms with E-state index in [0.29, 0.717) is 6.42 Å². The first kappa shape index (κ1) is 26.8. The van der Waals surface area contributed by atoms with Crippen LogP contribution in [-0.4, -0.2) is 45.3 Å². The van der Waals surface area contributed by atoms with Gasteiger partial charge in [-0.25, -0.2) is 14.4 Å². The summed E-state index contributed by atoms with van der Waals surface area (Å²) in [4.78, 5) is 48.6. The highest BCUT2D eigenvalue weighted by atomic mass is 31.2. The van der Waals surface area contributed by atoms with Crippen molar-refractivity contribution >= 4 is 13.7 Å². The number of carbonyl (C=O) groups excluding carboxylic acids is 1. The molecule has 11 nitrogen and oxygen atoms in total. The van der Waals surface area contributed by atoms with Crippen molar-refractivity contribution in [2.45, 2.75) is 90.7 Å². The Morgan fingerprint density at radius 1 is 1.35 bits per heavy atom. The van der Waals surface area contributed by atoms with Gasteiger partial charge in [0.2, 0.25) is 0 Å². The van der Waals surface area contributed by atoms with Gasteiger partial charge in [0.05, 0.1) is 12.7 Å². The van der Waals surface area contributed by atoms with Crippen LogP contribution in [0.3, 0.4) is 0 Å². The van der Waals surface area contributed by atoms with Crippen LogP contribution in [0, 0.1) is 11.3 Å². The second-order valence-corrected chi connectivity index (χ2v) is 11.3. The van der Waals surface area contributed by atoms with E-state index in [1.165, 1.54) is 23.8 Å². The first-order valence-electron chi connectivity index (χ1n) is 11.9. The minimum absolute atomic E-state index is 0.106. The molecule has 2 fully saturated rings. The molecular weight excluding hydrogens is 465 g/mol. The number of aromatic amines is 1. The van der Waals surface area contributed by atoms with Crippen molar-refractivity contribution in [2.75, 3.05) is 6.61 Å². The van der Waals surface area contributed by atoms with Crippen LogP contribution in [0.5, 0.6) is 0 Å². The molecule has 0 bridgehead atoms. The Morgan fingerprint density at radius 2 is 2.03 bits per heavy atom. The van der Waals surface area contributed by atoms with Crippen LogP contribution in [0.25, 0.3) is 0 Å². The Bertz CT molecular complexity index is 1020. The molecule has 1 saturated carbocycles. The second kappa shape index (κ2) is 10.9. The van der Waals surface area contributed by atoms with E-state index in [1.807, 2.05) is 20.8 Å². The Hall–Kier alpha value is -1.78. The number of nitrogens with one attached hydrogen (secondary N) is 2. The molecule has 3 rings (SSSR count). The van der Waals surface area contributed by atoms with E-state index in [2.05, 4.69) is 10.1 Å². The van der Waals surface area contributed by atoms with E-state index >= 15 is 0 Å².